The van der Waals surface area contributed by atoms with Gasteiger partial charge in [0.05, 0.1) is 0 Å². The monoisotopic (exact) mass is 144 g/mol. The molecule has 0 heterocycles. The van der Waals surface area contributed by atoms with Crippen molar-refractivity contribution in [1.82, 2.24) is 0 Å². The van der Waals surface area contributed by atoms with Crippen molar-refractivity contribution in [2.45, 2.75) is 27.2 Å². The second kappa shape index (κ2) is 4.63. The van der Waals surface area contributed by atoms with Gasteiger partial charge in [-0.2, -0.15) is 0 Å². The standard InChI is InChI=1S/C8H13Cl/c1-4-6-8(9)7(3)5-2/h5-6H,4H2,1-3H3/b7-5-,8-6+. The molecular weight excluding hydrogens is 132 g/mol. The predicted molar refractivity (Wildman–Crippen MR) is 43.7 cm³/mol. The van der Waals surface area contributed by atoms with E-state index in [4.69, 9.17) is 11.6 Å². The summed E-state index contributed by atoms with van der Waals surface area (Å²) in [4.78, 5) is 0. The molecule has 0 nitrogen and oxygen atoms in total. The van der Waals surface area contributed by atoms with Crippen LogP contribution in [0.3, 0.4) is 0 Å². The van der Waals surface area contributed by atoms with Gasteiger partial charge in [0, 0.05) is 5.03 Å². The summed E-state index contributed by atoms with van der Waals surface area (Å²) in [6, 6.07) is 0. The van der Waals surface area contributed by atoms with Gasteiger partial charge in [-0.15, -0.1) is 0 Å². The predicted octanol–water partition coefficient (Wildman–Crippen LogP) is 3.49. The Morgan fingerprint density at radius 3 is 2.44 bits per heavy atom. The first-order valence-electron chi connectivity index (χ1n) is 3.21. The summed E-state index contributed by atoms with van der Waals surface area (Å²) in [6.45, 7) is 6.07. The molecule has 0 aliphatic heterocycles. The highest BCUT2D eigenvalue weighted by Crippen LogP contribution is 2.13. The average molecular weight is 145 g/mol. The third-order valence-corrected chi connectivity index (χ3v) is 1.65. The van der Waals surface area contributed by atoms with Gasteiger partial charge in [-0.25, -0.2) is 0 Å². The van der Waals surface area contributed by atoms with E-state index < -0.39 is 0 Å². The first-order valence-corrected chi connectivity index (χ1v) is 3.59. The Morgan fingerprint density at radius 1 is 1.56 bits per heavy atom. The molecule has 0 fully saturated rings. The van der Waals surface area contributed by atoms with Crippen LogP contribution < -0.4 is 0 Å². The topological polar surface area (TPSA) is 0 Å². The molecule has 0 saturated heterocycles. The van der Waals surface area contributed by atoms with E-state index in [9.17, 15) is 0 Å². The number of allylic oxidation sites excluding steroid dienone is 4. The Labute approximate surface area is 62.2 Å². The van der Waals surface area contributed by atoms with Crippen LogP contribution in [-0.4, -0.2) is 0 Å². The highest BCUT2D eigenvalue weighted by molar-refractivity contribution is 6.31. The van der Waals surface area contributed by atoms with Gasteiger partial charge in [-0.3, -0.25) is 0 Å². The minimum atomic E-state index is 0.875. The van der Waals surface area contributed by atoms with E-state index in [-0.39, 0.29) is 0 Å². The summed E-state index contributed by atoms with van der Waals surface area (Å²) in [5.41, 5.74) is 1.15. The van der Waals surface area contributed by atoms with E-state index in [0.29, 0.717) is 0 Å². The molecule has 0 aromatic rings. The van der Waals surface area contributed by atoms with Gasteiger partial charge in [0.25, 0.3) is 0 Å². The molecule has 0 amide bonds. The quantitative estimate of drug-likeness (QED) is 0.521. The summed E-state index contributed by atoms with van der Waals surface area (Å²) in [5.74, 6) is 0. The Hall–Kier alpha value is -0.230. The Kier molecular flexibility index (Phi) is 4.51. The second-order valence-corrected chi connectivity index (χ2v) is 2.34. The fourth-order valence-electron chi connectivity index (χ4n) is 0.478. The second-order valence-electron chi connectivity index (χ2n) is 1.93. The zero-order chi connectivity index (χ0) is 7.28. The number of halogens is 1. The zero-order valence-electron chi connectivity index (χ0n) is 6.24. The highest BCUT2D eigenvalue weighted by Gasteiger charge is 1.89. The van der Waals surface area contributed by atoms with Crippen LogP contribution in [0, 0.1) is 0 Å². The van der Waals surface area contributed by atoms with Crippen molar-refractivity contribution in [3.63, 3.8) is 0 Å². The maximum absolute atomic E-state index is 5.82. The largest absolute Gasteiger partial charge is 0.0844 e. The molecule has 0 spiro atoms. The minimum Gasteiger partial charge on any atom is -0.0844 e. The lowest BCUT2D eigenvalue weighted by Gasteiger charge is -1.94. The van der Waals surface area contributed by atoms with Crippen LogP contribution >= 0.6 is 11.6 Å². The van der Waals surface area contributed by atoms with Gasteiger partial charge in [0.2, 0.25) is 0 Å². The molecule has 0 saturated carbocycles. The minimum absolute atomic E-state index is 0.875. The van der Waals surface area contributed by atoms with Crippen molar-refractivity contribution in [2.24, 2.45) is 0 Å². The van der Waals surface area contributed by atoms with Crippen molar-refractivity contribution < 1.29 is 0 Å². The van der Waals surface area contributed by atoms with Crippen LogP contribution in [-0.2, 0) is 0 Å². The zero-order valence-corrected chi connectivity index (χ0v) is 7.00. The highest BCUT2D eigenvalue weighted by atomic mass is 35.5. The van der Waals surface area contributed by atoms with Gasteiger partial charge in [-0.1, -0.05) is 30.7 Å². The van der Waals surface area contributed by atoms with E-state index in [2.05, 4.69) is 6.92 Å². The number of rotatable bonds is 2. The number of hydrogen-bond acceptors (Lipinski definition) is 0. The van der Waals surface area contributed by atoms with E-state index in [1.54, 1.807) is 0 Å². The molecule has 0 aromatic carbocycles. The first kappa shape index (κ1) is 8.77. The lowest BCUT2D eigenvalue weighted by Crippen LogP contribution is -1.72. The Morgan fingerprint density at radius 2 is 2.11 bits per heavy atom. The molecule has 0 aliphatic carbocycles. The molecule has 0 aliphatic rings. The van der Waals surface area contributed by atoms with Gasteiger partial charge in [0.15, 0.2) is 0 Å². The van der Waals surface area contributed by atoms with Crippen LogP contribution in [0.4, 0.5) is 0 Å². The molecule has 0 aromatic heterocycles. The molecule has 52 valence electrons. The van der Waals surface area contributed by atoms with Crippen LogP contribution in [0.5, 0.6) is 0 Å². The molecule has 0 bridgehead atoms. The van der Waals surface area contributed by atoms with E-state index in [1.165, 1.54) is 0 Å². The molecule has 9 heavy (non-hydrogen) atoms. The average Bonchev–Trinajstić information content (AvgIpc) is 1.87. The summed E-state index contributed by atoms with van der Waals surface area (Å²) in [7, 11) is 0. The maximum atomic E-state index is 5.82. The van der Waals surface area contributed by atoms with E-state index in [1.807, 2.05) is 26.0 Å². The van der Waals surface area contributed by atoms with Crippen LogP contribution in [0.25, 0.3) is 0 Å². The first-order chi connectivity index (χ1) is 4.22. The molecular formula is C8H13Cl. The third kappa shape index (κ3) is 3.36. The van der Waals surface area contributed by atoms with Crippen molar-refractivity contribution in [1.29, 1.82) is 0 Å². The van der Waals surface area contributed by atoms with Gasteiger partial charge in [0.1, 0.15) is 0 Å². The summed E-state index contributed by atoms with van der Waals surface area (Å²) in [5, 5.41) is 0.875. The molecule has 0 atom stereocenters. The molecule has 0 rings (SSSR count). The van der Waals surface area contributed by atoms with Crippen LogP contribution in [0.2, 0.25) is 0 Å². The molecule has 0 unspecified atom stereocenters. The van der Waals surface area contributed by atoms with Crippen LogP contribution in [0.15, 0.2) is 22.8 Å². The van der Waals surface area contributed by atoms with Gasteiger partial charge in [-0.05, 0) is 25.8 Å². The molecule has 1 heteroatoms. The number of hydrogen-bond donors (Lipinski definition) is 0. The Bertz CT molecular complexity index is 132. The van der Waals surface area contributed by atoms with Crippen molar-refractivity contribution in [2.75, 3.05) is 0 Å². The SMILES string of the molecule is C/C=C(C)\C(Cl)=C/CC. The fourth-order valence-corrected chi connectivity index (χ4v) is 0.742. The summed E-state index contributed by atoms with van der Waals surface area (Å²) < 4.78 is 0. The summed E-state index contributed by atoms with van der Waals surface area (Å²) >= 11 is 5.82. The van der Waals surface area contributed by atoms with E-state index >= 15 is 0 Å². The Balaban J connectivity index is 4.03. The van der Waals surface area contributed by atoms with Crippen molar-refractivity contribution in [3.05, 3.63) is 22.8 Å². The van der Waals surface area contributed by atoms with Crippen molar-refractivity contribution >= 4 is 11.6 Å². The summed E-state index contributed by atoms with van der Waals surface area (Å²) in [6.07, 6.45) is 5.02. The normalized spacial score (nSPS) is 14.2. The molecule has 0 radical (unpaired) electrons. The fraction of sp³-hybridized carbons (Fsp3) is 0.500. The maximum Gasteiger partial charge on any atom is 0.0391 e. The lowest BCUT2D eigenvalue weighted by molar-refractivity contribution is 1.21. The van der Waals surface area contributed by atoms with Gasteiger partial charge >= 0.3 is 0 Å². The third-order valence-electron chi connectivity index (χ3n) is 1.19. The van der Waals surface area contributed by atoms with Gasteiger partial charge < -0.3 is 0 Å². The molecule has 0 N–H and O–H groups in total. The lowest BCUT2D eigenvalue weighted by atomic mass is 10.2. The van der Waals surface area contributed by atoms with Crippen LogP contribution in [0.1, 0.15) is 27.2 Å². The van der Waals surface area contributed by atoms with E-state index in [0.717, 1.165) is 17.0 Å². The smallest absolute Gasteiger partial charge is 0.0391 e. The van der Waals surface area contributed by atoms with Crippen molar-refractivity contribution in [3.8, 4) is 0 Å².